The Hall–Kier alpha value is -0.620. The van der Waals surface area contributed by atoms with Gasteiger partial charge in [-0.15, -0.1) is 12.4 Å². The molecule has 1 N–H and O–H groups in total. The monoisotopic (exact) mass is 378 g/mol. The van der Waals surface area contributed by atoms with Crippen molar-refractivity contribution < 1.29 is 18.7 Å². The van der Waals surface area contributed by atoms with Gasteiger partial charge in [0.15, 0.2) is 0 Å². The average molecular weight is 379 g/mol. The van der Waals surface area contributed by atoms with Crippen molar-refractivity contribution in [3.63, 3.8) is 0 Å². The van der Waals surface area contributed by atoms with Gasteiger partial charge in [-0.05, 0) is 38.6 Å². The molecule has 1 aliphatic heterocycles. The van der Waals surface area contributed by atoms with Gasteiger partial charge in [-0.3, -0.25) is 9.46 Å². The average Bonchev–Trinajstić information content (AvgIpc) is 2.52. The van der Waals surface area contributed by atoms with Crippen LogP contribution in [-0.4, -0.2) is 61.3 Å². The smallest absolute Gasteiger partial charge is 0.352 e. The Balaban J connectivity index is 0.00000288. The van der Waals surface area contributed by atoms with E-state index in [1.165, 1.54) is 0 Å². The molecule has 24 heavy (non-hydrogen) atoms. The number of benzene rings is 1. The molecule has 0 amide bonds. The number of hydrogen-bond donors (Lipinski definition) is 1. The van der Waals surface area contributed by atoms with Gasteiger partial charge < -0.3 is 19.1 Å². The second kappa shape index (κ2) is 9.76. The molecule has 1 aromatic rings. The third kappa shape index (κ3) is 5.19. The molecule has 0 radical (unpaired) electrons. The summed E-state index contributed by atoms with van der Waals surface area (Å²) in [5, 5.41) is 9.54. The molecule has 1 unspecified atom stereocenters. The van der Waals surface area contributed by atoms with E-state index in [2.05, 4.69) is 16.8 Å². The molecule has 0 saturated carbocycles. The van der Waals surface area contributed by atoms with Crippen molar-refractivity contribution in [3.05, 3.63) is 29.8 Å². The number of aromatic hydroxyl groups is 1. The van der Waals surface area contributed by atoms with E-state index >= 15 is 0 Å². The van der Waals surface area contributed by atoms with Crippen molar-refractivity contribution in [2.24, 2.45) is 0 Å². The highest BCUT2D eigenvalue weighted by Gasteiger charge is 2.41. The Morgan fingerprint density at radius 3 is 2.04 bits per heavy atom. The lowest BCUT2D eigenvalue weighted by Crippen LogP contribution is -2.46. The van der Waals surface area contributed by atoms with Gasteiger partial charge in [0.2, 0.25) is 0 Å². The minimum atomic E-state index is -3.33. The molecule has 1 fully saturated rings. The third-order valence-corrected chi connectivity index (χ3v) is 6.45. The van der Waals surface area contributed by atoms with Crippen molar-refractivity contribution in [1.82, 2.24) is 9.80 Å². The lowest BCUT2D eigenvalue weighted by molar-refractivity contribution is 0.113. The van der Waals surface area contributed by atoms with Crippen LogP contribution >= 0.6 is 20.0 Å². The molecular weight excluding hydrogens is 351 g/mol. The van der Waals surface area contributed by atoms with Gasteiger partial charge in [0.1, 0.15) is 11.5 Å². The van der Waals surface area contributed by atoms with Crippen molar-refractivity contribution in [2.45, 2.75) is 19.6 Å². The number of halogens is 1. The molecule has 0 bridgehead atoms. The summed E-state index contributed by atoms with van der Waals surface area (Å²) in [5.41, 5.74) is 0.845. The molecule has 1 aliphatic rings. The highest BCUT2D eigenvalue weighted by atomic mass is 35.5. The number of phenolic OH excluding ortho intramolecular Hbond substituents is 1. The van der Waals surface area contributed by atoms with Crippen LogP contribution in [0.5, 0.6) is 5.75 Å². The van der Waals surface area contributed by atoms with Crippen LogP contribution in [-0.2, 0) is 13.6 Å². The van der Waals surface area contributed by atoms with Gasteiger partial charge in [0.05, 0.1) is 13.2 Å². The summed E-state index contributed by atoms with van der Waals surface area (Å²) >= 11 is 0. The quantitative estimate of drug-likeness (QED) is 0.734. The number of nitrogens with zero attached hydrogens (tertiary/aromatic N) is 2. The van der Waals surface area contributed by atoms with Crippen LogP contribution < -0.4 is 0 Å². The lowest BCUT2D eigenvalue weighted by atomic mass is 10.2. The van der Waals surface area contributed by atoms with Gasteiger partial charge in [-0.25, -0.2) is 0 Å². The first-order valence-electron chi connectivity index (χ1n) is 8.10. The fraction of sp³-hybridized carbons (Fsp3) is 0.625. The Morgan fingerprint density at radius 2 is 1.58 bits per heavy atom. The molecule has 0 aliphatic carbocycles. The van der Waals surface area contributed by atoms with Crippen LogP contribution in [0, 0.1) is 0 Å². The number of phenols is 1. The predicted octanol–water partition coefficient (Wildman–Crippen LogP) is 3.33. The molecule has 0 aromatic heterocycles. The summed E-state index contributed by atoms with van der Waals surface area (Å²) in [6.07, 6.45) is 0. The van der Waals surface area contributed by atoms with E-state index in [1.54, 1.807) is 24.3 Å². The van der Waals surface area contributed by atoms with E-state index < -0.39 is 13.4 Å². The third-order valence-electron chi connectivity index (χ3n) is 3.99. The van der Waals surface area contributed by atoms with Crippen molar-refractivity contribution in [1.29, 1.82) is 0 Å². The zero-order valence-electron chi connectivity index (χ0n) is 14.6. The van der Waals surface area contributed by atoms with E-state index in [1.807, 2.05) is 13.8 Å². The molecule has 1 aromatic carbocycles. The van der Waals surface area contributed by atoms with E-state index in [4.69, 9.17) is 9.05 Å². The minimum Gasteiger partial charge on any atom is -0.508 e. The summed E-state index contributed by atoms with van der Waals surface area (Å²) in [5.74, 6) is -0.259. The summed E-state index contributed by atoms with van der Waals surface area (Å²) < 4.78 is 24.6. The Kier molecular flexibility index (Phi) is 8.71. The molecule has 0 spiro atoms. The molecule has 138 valence electrons. The molecule has 1 heterocycles. The largest absolute Gasteiger partial charge is 0.508 e. The summed E-state index contributed by atoms with van der Waals surface area (Å²) in [6.45, 7) is 7.73. The minimum absolute atomic E-state index is 0. The zero-order valence-corrected chi connectivity index (χ0v) is 16.3. The van der Waals surface area contributed by atoms with Crippen molar-refractivity contribution >= 4 is 20.0 Å². The van der Waals surface area contributed by atoms with Crippen LogP contribution in [0.1, 0.15) is 25.2 Å². The summed E-state index contributed by atoms with van der Waals surface area (Å²) in [7, 11) is -1.25. The maximum absolute atomic E-state index is 13.4. The fourth-order valence-corrected chi connectivity index (χ4v) is 5.09. The molecular formula is C16H28ClN2O4P. The second-order valence-corrected chi connectivity index (χ2v) is 7.77. The first-order chi connectivity index (χ1) is 11.0. The summed E-state index contributed by atoms with van der Waals surface area (Å²) in [6, 6.07) is 6.81. The van der Waals surface area contributed by atoms with Crippen molar-refractivity contribution in [2.75, 3.05) is 46.4 Å². The number of likely N-dealkylation sites (N-methyl/N-ethyl adjacent to an activating group) is 1. The van der Waals surface area contributed by atoms with Gasteiger partial charge >= 0.3 is 7.60 Å². The topological polar surface area (TPSA) is 62.2 Å². The SMILES string of the molecule is CCOP(=O)(OCC)C(c1ccc(O)cc1)N1CCN(C)CC1.Cl. The van der Waals surface area contributed by atoms with E-state index in [-0.39, 0.29) is 18.2 Å². The van der Waals surface area contributed by atoms with Crippen LogP contribution in [0.2, 0.25) is 0 Å². The van der Waals surface area contributed by atoms with Gasteiger partial charge in [-0.1, -0.05) is 12.1 Å². The number of rotatable bonds is 7. The first kappa shape index (κ1) is 21.4. The van der Waals surface area contributed by atoms with Crippen LogP contribution in [0.4, 0.5) is 0 Å². The number of hydrogen-bond acceptors (Lipinski definition) is 6. The van der Waals surface area contributed by atoms with Gasteiger partial charge in [-0.2, -0.15) is 0 Å². The Bertz CT molecular complexity index is 525. The highest BCUT2D eigenvalue weighted by Crippen LogP contribution is 2.62. The summed E-state index contributed by atoms with van der Waals surface area (Å²) in [4.78, 5) is 4.41. The van der Waals surface area contributed by atoms with E-state index in [0.717, 1.165) is 31.7 Å². The zero-order chi connectivity index (χ0) is 16.9. The van der Waals surface area contributed by atoms with E-state index in [0.29, 0.717) is 13.2 Å². The molecule has 1 atom stereocenters. The Morgan fingerprint density at radius 1 is 1.08 bits per heavy atom. The lowest BCUT2D eigenvalue weighted by Gasteiger charge is -2.40. The van der Waals surface area contributed by atoms with Crippen molar-refractivity contribution in [3.8, 4) is 5.75 Å². The predicted molar refractivity (Wildman–Crippen MR) is 98.0 cm³/mol. The van der Waals surface area contributed by atoms with E-state index in [9.17, 15) is 9.67 Å². The van der Waals surface area contributed by atoms with Gasteiger partial charge in [0.25, 0.3) is 0 Å². The van der Waals surface area contributed by atoms with Gasteiger partial charge in [0, 0.05) is 26.2 Å². The highest BCUT2D eigenvalue weighted by molar-refractivity contribution is 7.54. The maximum atomic E-state index is 13.4. The molecule has 6 nitrogen and oxygen atoms in total. The molecule has 8 heteroatoms. The van der Waals surface area contributed by atoms with Crippen LogP contribution in [0.3, 0.4) is 0 Å². The molecule has 2 rings (SSSR count). The standard InChI is InChI=1S/C16H27N2O4P.ClH/c1-4-21-23(20,22-5-2)16(14-6-8-15(19)9-7-14)18-12-10-17(3)11-13-18;/h6-9,16,19H,4-5,10-13H2,1-3H3;1H. The fourth-order valence-electron chi connectivity index (χ4n) is 2.84. The number of piperazine rings is 1. The Labute approximate surface area is 150 Å². The maximum Gasteiger partial charge on any atom is 0.352 e. The van der Waals surface area contributed by atoms with Crippen LogP contribution in [0.15, 0.2) is 24.3 Å². The van der Waals surface area contributed by atoms with Crippen LogP contribution in [0.25, 0.3) is 0 Å². The second-order valence-electron chi connectivity index (χ2n) is 5.68. The molecule has 1 saturated heterocycles. The normalized spacial score (nSPS) is 18.1. The first-order valence-corrected chi connectivity index (χ1v) is 9.71.